The molecule has 3 atom stereocenters. The molecule has 1 unspecified atom stereocenters. The average molecular weight is 478 g/mol. The summed E-state index contributed by atoms with van der Waals surface area (Å²) in [6, 6.07) is 4.27. The lowest BCUT2D eigenvalue weighted by molar-refractivity contribution is -0.219. The number of anilines is 1. The first-order valence-corrected chi connectivity index (χ1v) is 10.5. The number of rotatable bonds is 7. The number of alkyl carbamates (subject to hydrolysis) is 1. The van der Waals surface area contributed by atoms with E-state index in [0.717, 1.165) is 5.56 Å². The molecule has 2 aliphatic heterocycles. The number of nitrogens with one attached hydrogen (secondary N) is 2. The van der Waals surface area contributed by atoms with Crippen molar-refractivity contribution in [3.63, 3.8) is 0 Å². The van der Waals surface area contributed by atoms with Crippen LogP contribution in [-0.2, 0) is 25.7 Å². The zero-order chi connectivity index (χ0) is 25.2. The average Bonchev–Trinajstić information content (AvgIpc) is 2.97. The van der Waals surface area contributed by atoms with Crippen molar-refractivity contribution >= 4 is 29.7 Å². The van der Waals surface area contributed by atoms with E-state index in [4.69, 9.17) is 9.84 Å². The van der Waals surface area contributed by atoms with Crippen molar-refractivity contribution in [1.82, 2.24) is 15.3 Å². The van der Waals surface area contributed by atoms with Crippen LogP contribution in [0, 0.1) is 0 Å². The van der Waals surface area contributed by atoms with Gasteiger partial charge in [0.2, 0.25) is 0 Å². The number of hydrogen-bond acceptors (Lipinski definition) is 6. The number of ether oxygens (including phenoxy) is 1. The molecule has 2 heterocycles. The summed E-state index contributed by atoms with van der Waals surface area (Å²) in [4.78, 5) is 53.9. The highest BCUT2D eigenvalue weighted by Gasteiger charge is 2.48. The van der Waals surface area contributed by atoms with Gasteiger partial charge in [0.1, 0.15) is 11.6 Å². The van der Waals surface area contributed by atoms with Crippen molar-refractivity contribution in [3.05, 3.63) is 41.5 Å². The molecule has 1 aromatic carbocycles. The number of carbonyl (C=O) groups is 4. The van der Waals surface area contributed by atoms with E-state index in [1.165, 1.54) is 4.90 Å². The van der Waals surface area contributed by atoms with Gasteiger partial charge in [-0.25, -0.2) is 23.6 Å². The van der Waals surface area contributed by atoms with Crippen LogP contribution in [0.1, 0.15) is 33.3 Å². The number of alkyl halides is 1. The molecule has 0 aliphatic carbocycles. The number of hydroxylamine groups is 2. The molecule has 0 spiro atoms. The second-order valence-corrected chi connectivity index (χ2v) is 8.94. The fourth-order valence-electron chi connectivity index (χ4n) is 3.62. The van der Waals surface area contributed by atoms with Crippen molar-refractivity contribution in [2.24, 2.45) is 0 Å². The second-order valence-electron chi connectivity index (χ2n) is 8.94. The molecule has 2 aliphatic rings. The summed E-state index contributed by atoms with van der Waals surface area (Å²) < 4.78 is 18.7. The first-order valence-electron chi connectivity index (χ1n) is 10.5. The first-order chi connectivity index (χ1) is 15.9. The van der Waals surface area contributed by atoms with Gasteiger partial charge in [-0.15, -0.1) is 0 Å². The number of amides is 4. The molecular weight excluding hydrogens is 451 g/mol. The SMILES string of the molecule is CC1=C[C@@H]2CN(C(=O)N2OC(F)C(=O)O)[C@@H]1C(=O)Nc1ccc(CNC(=O)OC(C)(C)C)cc1. The van der Waals surface area contributed by atoms with E-state index in [9.17, 15) is 23.6 Å². The second kappa shape index (κ2) is 9.67. The maximum Gasteiger partial charge on any atom is 0.407 e. The van der Waals surface area contributed by atoms with Crippen LogP contribution in [0.25, 0.3) is 0 Å². The molecule has 1 saturated heterocycles. The summed E-state index contributed by atoms with van der Waals surface area (Å²) in [6.07, 6.45) is -1.67. The number of fused-ring (bicyclic) bond motifs is 2. The van der Waals surface area contributed by atoms with E-state index in [-0.39, 0.29) is 13.1 Å². The lowest BCUT2D eigenvalue weighted by Crippen LogP contribution is -2.47. The Morgan fingerprint density at radius 3 is 2.47 bits per heavy atom. The fraction of sp³-hybridized carbons (Fsp3) is 0.455. The highest BCUT2D eigenvalue weighted by atomic mass is 19.1. The van der Waals surface area contributed by atoms with Crippen LogP contribution in [0.5, 0.6) is 0 Å². The highest BCUT2D eigenvalue weighted by molar-refractivity contribution is 6.00. The molecule has 0 radical (unpaired) electrons. The summed E-state index contributed by atoms with van der Waals surface area (Å²) in [6.45, 7) is 7.23. The van der Waals surface area contributed by atoms with Gasteiger partial charge in [-0.3, -0.25) is 4.79 Å². The molecule has 12 heteroatoms. The number of hydrogen-bond donors (Lipinski definition) is 3. The van der Waals surface area contributed by atoms with E-state index in [2.05, 4.69) is 15.5 Å². The minimum Gasteiger partial charge on any atom is -0.477 e. The molecule has 1 fully saturated rings. The minimum atomic E-state index is -2.70. The van der Waals surface area contributed by atoms with Crippen molar-refractivity contribution in [2.75, 3.05) is 11.9 Å². The van der Waals surface area contributed by atoms with Crippen molar-refractivity contribution in [3.8, 4) is 0 Å². The number of carboxylic acid groups (broad SMARTS) is 1. The van der Waals surface area contributed by atoms with Gasteiger partial charge in [0, 0.05) is 12.2 Å². The van der Waals surface area contributed by atoms with Gasteiger partial charge in [0.25, 0.3) is 5.91 Å². The number of halogens is 1. The predicted octanol–water partition coefficient (Wildman–Crippen LogP) is 2.40. The molecule has 4 amide bonds. The molecule has 11 nitrogen and oxygen atoms in total. The van der Waals surface area contributed by atoms with Gasteiger partial charge >= 0.3 is 24.5 Å². The minimum absolute atomic E-state index is 0.0515. The number of aliphatic carboxylic acids is 1. The van der Waals surface area contributed by atoms with Gasteiger partial charge in [-0.05, 0) is 51.0 Å². The molecule has 1 aromatic rings. The van der Waals surface area contributed by atoms with Crippen molar-refractivity contribution < 1.29 is 38.2 Å². The van der Waals surface area contributed by atoms with Crippen LogP contribution < -0.4 is 10.6 Å². The molecule has 184 valence electrons. The molecule has 0 aromatic heterocycles. The third kappa shape index (κ3) is 5.81. The quantitative estimate of drug-likeness (QED) is 0.512. The highest BCUT2D eigenvalue weighted by Crippen LogP contribution is 2.30. The Labute approximate surface area is 195 Å². The van der Waals surface area contributed by atoms with E-state index in [0.29, 0.717) is 16.3 Å². The Morgan fingerprint density at radius 1 is 1.24 bits per heavy atom. The summed E-state index contributed by atoms with van der Waals surface area (Å²) in [5.41, 5.74) is 1.18. The fourth-order valence-corrected chi connectivity index (χ4v) is 3.62. The summed E-state index contributed by atoms with van der Waals surface area (Å²) in [5, 5.41) is 14.7. The van der Waals surface area contributed by atoms with Gasteiger partial charge in [0.05, 0.1) is 12.6 Å². The van der Waals surface area contributed by atoms with Crippen LogP contribution in [0.15, 0.2) is 35.9 Å². The zero-order valence-corrected chi connectivity index (χ0v) is 19.2. The number of nitrogens with zero attached hydrogens (tertiary/aromatic N) is 2. The standard InChI is InChI=1S/C22H27FN4O7/c1-12-9-15-11-26(21(32)27(15)34-17(23)19(29)30)16(12)18(28)25-14-7-5-13(6-8-14)10-24-20(31)33-22(2,3)4/h5-9,15-17H,10-11H2,1-4H3,(H,24,31)(H,25,28)(H,29,30)/t15-,16+,17?/m1/s1. The number of carbonyl (C=O) groups excluding carboxylic acids is 3. The molecule has 0 saturated carbocycles. The topological polar surface area (TPSA) is 138 Å². The predicted molar refractivity (Wildman–Crippen MR) is 117 cm³/mol. The Kier molecular flexibility index (Phi) is 7.10. The maximum absolute atomic E-state index is 13.5. The third-order valence-corrected chi connectivity index (χ3v) is 5.02. The van der Waals surface area contributed by atoms with E-state index in [1.54, 1.807) is 58.0 Å². The van der Waals surface area contributed by atoms with E-state index >= 15 is 0 Å². The normalized spacial score (nSPS) is 20.5. The Balaban J connectivity index is 1.60. The van der Waals surface area contributed by atoms with E-state index < -0.39 is 48.0 Å². The Bertz CT molecular complexity index is 1010. The largest absolute Gasteiger partial charge is 0.477 e. The molecule has 2 bridgehead atoms. The number of urea groups is 1. The van der Waals surface area contributed by atoms with Crippen LogP contribution >= 0.6 is 0 Å². The Hall–Kier alpha value is -3.67. The molecular formula is C22H27FN4O7. The lowest BCUT2D eigenvalue weighted by Gasteiger charge is -2.29. The van der Waals surface area contributed by atoms with Crippen molar-refractivity contribution in [1.29, 1.82) is 0 Å². The lowest BCUT2D eigenvalue weighted by atomic mass is 10.00. The monoisotopic (exact) mass is 478 g/mol. The zero-order valence-electron chi connectivity index (χ0n) is 19.2. The van der Waals surface area contributed by atoms with Crippen LogP contribution in [-0.4, -0.2) is 69.7 Å². The summed E-state index contributed by atoms with van der Waals surface area (Å²) in [5.74, 6) is -2.35. The summed E-state index contributed by atoms with van der Waals surface area (Å²) in [7, 11) is 0. The maximum atomic E-state index is 13.5. The van der Waals surface area contributed by atoms with Gasteiger partial charge < -0.3 is 25.4 Å². The van der Waals surface area contributed by atoms with E-state index in [1.807, 2.05) is 0 Å². The van der Waals surface area contributed by atoms with Crippen LogP contribution in [0.3, 0.4) is 0 Å². The van der Waals surface area contributed by atoms with Gasteiger partial charge in [0.15, 0.2) is 0 Å². The van der Waals surface area contributed by atoms with Crippen molar-refractivity contribution in [2.45, 2.75) is 58.3 Å². The molecule has 3 N–H and O–H groups in total. The third-order valence-electron chi connectivity index (χ3n) is 5.02. The van der Waals surface area contributed by atoms with Gasteiger partial charge in [-0.2, -0.15) is 5.06 Å². The first kappa shape index (κ1) is 25.0. The molecule has 3 rings (SSSR count). The van der Waals surface area contributed by atoms with Crippen LogP contribution in [0.2, 0.25) is 0 Å². The number of carboxylic acids is 1. The van der Waals surface area contributed by atoms with Gasteiger partial charge in [-0.1, -0.05) is 18.2 Å². The number of benzene rings is 1. The smallest absolute Gasteiger partial charge is 0.407 e. The molecule has 34 heavy (non-hydrogen) atoms. The summed E-state index contributed by atoms with van der Waals surface area (Å²) >= 11 is 0. The van der Waals surface area contributed by atoms with Crippen LogP contribution in [0.4, 0.5) is 19.7 Å². The Morgan fingerprint density at radius 2 is 1.88 bits per heavy atom.